The lowest BCUT2D eigenvalue weighted by molar-refractivity contribution is -0.123. The van der Waals surface area contributed by atoms with Crippen LogP contribution in [-0.2, 0) is 20.9 Å². The molecule has 0 aromatic heterocycles. The van der Waals surface area contributed by atoms with E-state index in [1.165, 1.54) is 0 Å². The second-order valence-electron chi connectivity index (χ2n) is 11.2. The number of hydrogen-bond donors (Lipinski definition) is 1. The zero-order valence-corrected chi connectivity index (χ0v) is 23.4. The van der Waals surface area contributed by atoms with Gasteiger partial charge < -0.3 is 19.5 Å². The van der Waals surface area contributed by atoms with Gasteiger partial charge in [0.1, 0.15) is 12.4 Å². The first-order valence-electron chi connectivity index (χ1n) is 14.6. The number of carbonyl (C=O) groups excluding carboxylic acids is 2. The maximum Gasteiger partial charge on any atom is 0.253 e. The molecule has 0 heterocycles. The number of fused-ring (bicyclic) bond motifs is 1. The molecular weight excluding hydrogens is 514 g/mol. The number of nitrogens with zero attached hydrogens (tertiary/aromatic N) is 1. The highest BCUT2D eigenvalue weighted by Crippen LogP contribution is 2.51. The van der Waals surface area contributed by atoms with E-state index in [0.717, 1.165) is 36.9 Å². The summed E-state index contributed by atoms with van der Waals surface area (Å²) >= 11 is 0. The zero-order chi connectivity index (χ0) is 28.4. The quantitative estimate of drug-likeness (QED) is 0.212. The average Bonchev–Trinajstić information content (AvgIpc) is 3.53. The number of para-hydroxylation sites is 2. The van der Waals surface area contributed by atoms with Crippen molar-refractivity contribution in [3.8, 4) is 5.75 Å². The van der Waals surface area contributed by atoms with E-state index in [-0.39, 0.29) is 30.8 Å². The van der Waals surface area contributed by atoms with Gasteiger partial charge in [-0.2, -0.15) is 0 Å². The van der Waals surface area contributed by atoms with E-state index in [1.54, 1.807) is 11.0 Å². The van der Waals surface area contributed by atoms with E-state index in [0.29, 0.717) is 36.7 Å². The summed E-state index contributed by atoms with van der Waals surface area (Å²) in [5.74, 6) is 1.82. The summed E-state index contributed by atoms with van der Waals surface area (Å²) in [6.07, 6.45) is 6.79. The molecule has 0 bridgehead atoms. The van der Waals surface area contributed by atoms with Crippen LogP contribution in [0.4, 0.5) is 5.69 Å². The van der Waals surface area contributed by atoms with Gasteiger partial charge in [-0.15, -0.1) is 0 Å². The van der Waals surface area contributed by atoms with Crippen molar-refractivity contribution in [2.45, 2.75) is 38.3 Å². The highest BCUT2D eigenvalue weighted by atomic mass is 16.5. The van der Waals surface area contributed by atoms with Crippen molar-refractivity contribution in [2.24, 2.45) is 23.7 Å². The lowest BCUT2D eigenvalue weighted by Gasteiger charge is -2.23. The summed E-state index contributed by atoms with van der Waals surface area (Å²) in [5.41, 5.74) is 1.93. The highest BCUT2D eigenvalue weighted by molar-refractivity contribution is 5.94. The van der Waals surface area contributed by atoms with Crippen LogP contribution in [0, 0.1) is 23.7 Å². The summed E-state index contributed by atoms with van der Waals surface area (Å²) in [5, 5.41) is 10.7. The molecule has 41 heavy (non-hydrogen) atoms. The molecule has 2 fully saturated rings. The number of ether oxygens (including phenoxy) is 2. The summed E-state index contributed by atoms with van der Waals surface area (Å²) in [6.45, 7) is 1.06. The second-order valence-corrected chi connectivity index (χ2v) is 11.2. The molecule has 2 aliphatic carbocycles. The van der Waals surface area contributed by atoms with Gasteiger partial charge in [0.2, 0.25) is 0 Å². The van der Waals surface area contributed by atoms with Gasteiger partial charge in [0, 0.05) is 18.2 Å². The fourth-order valence-electron chi connectivity index (χ4n) is 6.40. The molecule has 3 aromatic carbocycles. The van der Waals surface area contributed by atoms with Crippen molar-refractivity contribution in [3.63, 3.8) is 0 Å². The molecule has 0 radical (unpaired) electrons. The van der Waals surface area contributed by atoms with Crippen molar-refractivity contribution >= 4 is 17.4 Å². The first-order valence-corrected chi connectivity index (χ1v) is 14.6. The molecule has 1 amide bonds. The minimum absolute atomic E-state index is 0.00871. The Kier molecular flexibility index (Phi) is 10.00. The maximum atomic E-state index is 13.2. The van der Waals surface area contributed by atoms with Gasteiger partial charge in [-0.25, -0.2) is 0 Å². The van der Waals surface area contributed by atoms with Crippen LogP contribution in [0.1, 0.15) is 31.2 Å². The third-order valence-electron chi connectivity index (χ3n) is 8.41. The normalized spacial score (nSPS) is 23.4. The Balaban J connectivity index is 1.07. The Morgan fingerprint density at radius 2 is 1.54 bits per heavy atom. The molecule has 1 unspecified atom stereocenters. The predicted molar refractivity (Wildman–Crippen MR) is 159 cm³/mol. The van der Waals surface area contributed by atoms with Crippen LogP contribution in [0.15, 0.2) is 103 Å². The van der Waals surface area contributed by atoms with Crippen molar-refractivity contribution in [1.29, 1.82) is 0 Å². The molecule has 1 N–H and O–H groups in total. The number of anilines is 1. The maximum absolute atomic E-state index is 13.2. The molecule has 0 saturated heterocycles. The molecular formula is C35H39NO5. The van der Waals surface area contributed by atoms with Crippen molar-refractivity contribution < 1.29 is 24.2 Å². The number of aliphatic hydroxyl groups excluding tert-OH is 1. The number of carbonyl (C=O) groups is 2. The van der Waals surface area contributed by atoms with E-state index in [9.17, 15) is 14.7 Å². The van der Waals surface area contributed by atoms with Gasteiger partial charge in [-0.1, -0.05) is 72.8 Å². The minimum atomic E-state index is -0.410. The Bertz CT molecular complexity index is 1280. The monoisotopic (exact) mass is 553 g/mol. The predicted octanol–water partition coefficient (Wildman–Crippen LogP) is 5.85. The first-order chi connectivity index (χ1) is 20.1. The summed E-state index contributed by atoms with van der Waals surface area (Å²) in [4.78, 5) is 27.3. The number of benzene rings is 3. The fraction of sp³-hybridized carbons (Fsp3) is 0.371. The highest BCUT2D eigenvalue weighted by Gasteiger charge is 2.46. The fourth-order valence-corrected chi connectivity index (χ4v) is 6.40. The molecule has 5 atom stereocenters. The average molecular weight is 554 g/mol. The van der Waals surface area contributed by atoms with Crippen LogP contribution in [0.25, 0.3) is 0 Å². The van der Waals surface area contributed by atoms with Crippen LogP contribution in [-0.4, -0.2) is 42.7 Å². The molecule has 214 valence electrons. The topological polar surface area (TPSA) is 76.1 Å². The zero-order valence-electron chi connectivity index (χ0n) is 23.4. The molecule has 0 spiro atoms. The van der Waals surface area contributed by atoms with E-state index in [2.05, 4.69) is 0 Å². The van der Waals surface area contributed by atoms with Gasteiger partial charge in [0.15, 0.2) is 12.4 Å². The summed E-state index contributed by atoms with van der Waals surface area (Å²) < 4.78 is 11.4. The second kappa shape index (κ2) is 14.2. The molecule has 2 saturated carbocycles. The number of aliphatic hydroxyl groups is 1. The number of rotatable bonds is 13. The van der Waals surface area contributed by atoms with Crippen LogP contribution < -0.4 is 9.64 Å². The third-order valence-corrected chi connectivity index (χ3v) is 8.41. The molecule has 6 heteroatoms. The summed E-state index contributed by atoms with van der Waals surface area (Å²) in [7, 11) is 0. The number of hydrogen-bond acceptors (Lipinski definition) is 5. The lowest BCUT2D eigenvalue weighted by atomic mass is 9.89. The molecule has 5 rings (SSSR count). The van der Waals surface area contributed by atoms with E-state index >= 15 is 0 Å². The SMILES string of the molecule is O=C(C=C[C@@H]1[C@@H]2CC(CCOCC(=O)N(Cc3ccccc3)c3ccccc3)C[C@H]2C[C@H]1O)COc1ccccc1. The van der Waals surface area contributed by atoms with Crippen LogP contribution in [0.2, 0.25) is 0 Å². The molecule has 6 nitrogen and oxygen atoms in total. The molecule has 3 aromatic rings. The third kappa shape index (κ3) is 7.93. The van der Waals surface area contributed by atoms with Crippen molar-refractivity contribution in [2.75, 3.05) is 24.7 Å². The van der Waals surface area contributed by atoms with Gasteiger partial charge in [-0.05, 0) is 79.3 Å². The van der Waals surface area contributed by atoms with Crippen LogP contribution >= 0.6 is 0 Å². The number of ketones is 1. The van der Waals surface area contributed by atoms with Gasteiger partial charge in [0.05, 0.1) is 12.6 Å². The van der Waals surface area contributed by atoms with Gasteiger partial charge >= 0.3 is 0 Å². The smallest absolute Gasteiger partial charge is 0.253 e. The Morgan fingerprint density at radius 3 is 2.27 bits per heavy atom. The Morgan fingerprint density at radius 1 is 0.854 bits per heavy atom. The largest absolute Gasteiger partial charge is 0.485 e. The van der Waals surface area contributed by atoms with E-state index < -0.39 is 6.10 Å². The standard InChI is InChI=1S/C35H39NO5/c37-30(24-41-31-14-8-3-9-15-31)16-17-32-33-21-27(20-28(33)22-34(32)38)18-19-40-25-35(39)36(29-12-6-2-7-13-29)23-26-10-4-1-5-11-26/h1-17,27-28,32-34,38H,18-25H2/t27?,28-,32+,33+,34+/m0/s1. The first kappa shape index (κ1) is 28.8. The van der Waals surface area contributed by atoms with Gasteiger partial charge in [0.25, 0.3) is 5.91 Å². The van der Waals surface area contributed by atoms with Crippen LogP contribution in [0.3, 0.4) is 0 Å². The lowest BCUT2D eigenvalue weighted by Crippen LogP contribution is -2.33. The van der Waals surface area contributed by atoms with Gasteiger partial charge in [-0.3, -0.25) is 9.59 Å². The van der Waals surface area contributed by atoms with Crippen molar-refractivity contribution in [1.82, 2.24) is 0 Å². The molecule has 2 aliphatic rings. The van der Waals surface area contributed by atoms with E-state index in [1.807, 2.05) is 97.1 Å². The van der Waals surface area contributed by atoms with Crippen molar-refractivity contribution in [3.05, 3.63) is 109 Å². The molecule has 0 aliphatic heterocycles. The number of amides is 1. The minimum Gasteiger partial charge on any atom is -0.485 e. The van der Waals surface area contributed by atoms with Crippen LogP contribution in [0.5, 0.6) is 5.75 Å². The Labute approximate surface area is 242 Å². The van der Waals surface area contributed by atoms with E-state index in [4.69, 9.17) is 9.47 Å². The summed E-state index contributed by atoms with van der Waals surface area (Å²) in [6, 6.07) is 29.0. The Hall–Kier alpha value is -3.74.